The fraction of sp³-hybridized carbons (Fsp3) is 0.467. The van der Waals surface area contributed by atoms with Crippen molar-refractivity contribution in [2.75, 3.05) is 0 Å². The quantitative estimate of drug-likeness (QED) is 0.746. The highest BCUT2D eigenvalue weighted by Gasteiger charge is 2.26. The van der Waals surface area contributed by atoms with E-state index in [-0.39, 0.29) is 6.04 Å². The van der Waals surface area contributed by atoms with Gasteiger partial charge < -0.3 is 15.7 Å². The summed E-state index contributed by atoms with van der Waals surface area (Å²) in [5, 5.41) is 14.5. The predicted octanol–water partition coefficient (Wildman–Crippen LogP) is 2.30. The highest BCUT2D eigenvalue weighted by Crippen LogP contribution is 2.33. The van der Waals surface area contributed by atoms with Crippen molar-refractivity contribution in [3.63, 3.8) is 0 Å². The minimum Gasteiger partial charge on any atom is -0.479 e. The molecule has 2 rings (SSSR count). The van der Waals surface area contributed by atoms with Crippen molar-refractivity contribution >= 4 is 12.0 Å². The number of rotatable bonds is 6. The van der Waals surface area contributed by atoms with Crippen LogP contribution in [0, 0.1) is 5.92 Å². The second-order valence-corrected chi connectivity index (χ2v) is 5.38. The van der Waals surface area contributed by atoms with Gasteiger partial charge in [0, 0.05) is 6.04 Å². The first kappa shape index (κ1) is 14.4. The lowest BCUT2D eigenvalue weighted by atomic mass is 10.1. The van der Waals surface area contributed by atoms with Crippen molar-refractivity contribution in [2.24, 2.45) is 5.92 Å². The maximum absolute atomic E-state index is 11.9. The van der Waals surface area contributed by atoms with Crippen LogP contribution in [0.5, 0.6) is 0 Å². The molecule has 0 radical (unpaired) electrons. The first-order chi connectivity index (χ1) is 9.56. The normalized spacial score (nSPS) is 17.1. The molecule has 20 heavy (non-hydrogen) atoms. The van der Waals surface area contributed by atoms with Gasteiger partial charge in [-0.1, -0.05) is 43.2 Å². The Labute approximate surface area is 118 Å². The summed E-state index contributed by atoms with van der Waals surface area (Å²) in [7, 11) is 0. The molecule has 5 heteroatoms. The largest absolute Gasteiger partial charge is 0.479 e. The van der Waals surface area contributed by atoms with Crippen molar-refractivity contribution in [1.29, 1.82) is 0 Å². The van der Waals surface area contributed by atoms with E-state index in [1.165, 1.54) is 12.8 Å². The molecular formula is C15H20N2O3. The Balaban J connectivity index is 1.90. The summed E-state index contributed by atoms with van der Waals surface area (Å²) >= 11 is 0. The van der Waals surface area contributed by atoms with Crippen LogP contribution in [-0.4, -0.2) is 23.1 Å². The lowest BCUT2D eigenvalue weighted by Crippen LogP contribution is -2.44. The summed E-state index contributed by atoms with van der Waals surface area (Å²) in [5.41, 5.74) is 0.560. The number of carboxylic acids is 1. The molecule has 1 aromatic carbocycles. The number of aliphatic carboxylic acids is 1. The topological polar surface area (TPSA) is 78.4 Å². The zero-order valence-corrected chi connectivity index (χ0v) is 11.5. The van der Waals surface area contributed by atoms with Gasteiger partial charge in [0.25, 0.3) is 0 Å². The number of nitrogens with one attached hydrogen (secondary N) is 2. The summed E-state index contributed by atoms with van der Waals surface area (Å²) < 4.78 is 0. The van der Waals surface area contributed by atoms with Crippen LogP contribution in [0.4, 0.5) is 4.79 Å². The second kappa shape index (κ2) is 6.41. The van der Waals surface area contributed by atoms with Crippen molar-refractivity contribution in [1.82, 2.24) is 10.6 Å². The third-order valence-electron chi connectivity index (χ3n) is 3.42. The molecule has 0 bridgehead atoms. The molecule has 0 aliphatic heterocycles. The number of carbonyl (C=O) groups is 2. The van der Waals surface area contributed by atoms with Gasteiger partial charge in [-0.2, -0.15) is 0 Å². The van der Waals surface area contributed by atoms with E-state index in [1.807, 2.05) is 6.92 Å². The van der Waals surface area contributed by atoms with Crippen LogP contribution < -0.4 is 10.6 Å². The first-order valence-corrected chi connectivity index (χ1v) is 6.91. The number of urea groups is 1. The minimum atomic E-state index is -1.07. The number of benzene rings is 1. The third-order valence-corrected chi connectivity index (χ3v) is 3.42. The Hall–Kier alpha value is -2.04. The van der Waals surface area contributed by atoms with Crippen molar-refractivity contribution in [2.45, 2.75) is 38.3 Å². The molecule has 1 aliphatic rings. The van der Waals surface area contributed by atoms with Crippen LogP contribution in [0.25, 0.3) is 0 Å². The molecule has 3 N–H and O–H groups in total. The predicted molar refractivity (Wildman–Crippen MR) is 75.3 cm³/mol. The zero-order valence-electron chi connectivity index (χ0n) is 11.5. The van der Waals surface area contributed by atoms with E-state index in [9.17, 15) is 14.7 Å². The number of hydrogen-bond acceptors (Lipinski definition) is 2. The molecule has 1 aromatic rings. The van der Waals surface area contributed by atoms with Crippen molar-refractivity contribution in [3.8, 4) is 0 Å². The van der Waals surface area contributed by atoms with Crippen molar-refractivity contribution in [3.05, 3.63) is 35.9 Å². The van der Waals surface area contributed by atoms with Gasteiger partial charge in [-0.15, -0.1) is 0 Å². The van der Waals surface area contributed by atoms with E-state index < -0.39 is 18.0 Å². The fourth-order valence-corrected chi connectivity index (χ4v) is 2.24. The molecule has 0 aromatic heterocycles. The minimum absolute atomic E-state index is 0.0627. The van der Waals surface area contributed by atoms with Gasteiger partial charge in [0.05, 0.1) is 0 Å². The molecule has 1 saturated carbocycles. The average molecular weight is 276 g/mol. The van der Waals surface area contributed by atoms with E-state index in [2.05, 4.69) is 10.6 Å². The Bertz CT molecular complexity index is 471. The summed E-state index contributed by atoms with van der Waals surface area (Å²) in [6.45, 7) is 1.94. The van der Waals surface area contributed by atoms with Crippen LogP contribution in [0.1, 0.15) is 37.8 Å². The second-order valence-electron chi connectivity index (χ2n) is 5.38. The summed E-state index contributed by atoms with van der Waals surface area (Å²) in [6, 6.07) is 7.28. The van der Waals surface area contributed by atoms with Crippen LogP contribution in [0.15, 0.2) is 30.3 Å². The van der Waals surface area contributed by atoms with E-state index in [4.69, 9.17) is 0 Å². The van der Waals surface area contributed by atoms with Gasteiger partial charge in [-0.05, 0) is 24.8 Å². The number of carboxylic acid groups (broad SMARTS) is 1. The van der Waals surface area contributed by atoms with E-state index in [1.54, 1.807) is 30.3 Å². The Morgan fingerprint density at radius 1 is 1.25 bits per heavy atom. The Morgan fingerprint density at radius 2 is 1.90 bits per heavy atom. The molecule has 0 saturated heterocycles. The number of hydrogen-bond donors (Lipinski definition) is 3. The SMILES string of the molecule is CC(CC1CC1)NC(=O)NC(C(=O)O)c1ccccc1. The lowest BCUT2D eigenvalue weighted by Gasteiger charge is -2.18. The molecule has 108 valence electrons. The van der Waals surface area contributed by atoms with Crippen LogP contribution in [-0.2, 0) is 4.79 Å². The summed E-state index contributed by atoms with van der Waals surface area (Å²) in [5.74, 6) is -0.351. The highest BCUT2D eigenvalue weighted by molar-refractivity contribution is 5.83. The lowest BCUT2D eigenvalue weighted by molar-refractivity contribution is -0.139. The molecule has 2 atom stereocenters. The van der Waals surface area contributed by atoms with E-state index in [0.29, 0.717) is 5.56 Å². The maximum Gasteiger partial charge on any atom is 0.330 e. The van der Waals surface area contributed by atoms with Crippen LogP contribution >= 0.6 is 0 Å². The van der Waals surface area contributed by atoms with Gasteiger partial charge in [0.2, 0.25) is 0 Å². The zero-order chi connectivity index (χ0) is 14.5. The smallest absolute Gasteiger partial charge is 0.330 e. The van der Waals surface area contributed by atoms with Gasteiger partial charge in [0.15, 0.2) is 6.04 Å². The number of amides is 2. The van der Waals surface area contributed by atoms with Gasteiger partial charge >= 0.3 is 12.0 Å². The molecule has 2 amide bonds. The fourth-order valence-electron chi connectivity index (χ4n) is 2.24. The maximum atomic E-state index is 11.9. The molecule has 5 nitrogen and oxygen atoms in total. The summed E-state index contributed by atoms with van der Waals surface area (Å²) in [4.78, 5) is 23.1. The molecular weight excluding hydrogens is 256 g/mol. The van der Waals surface area contributed by atoms with E-state index >= 15 is 0 Å². The molecule has 2 unspecified atom stereocenters. The molecule has 1 aliphatic carbocycles. The molecule has 1 fully saturated rings. The summed E-state index contributed by atoms with van der Waals surface area (Å²) in [6.07, 6.45) is 3.42. The molecule has 0 spiro atoms. The van der Waals surface area contributed by atoms with E-state index in [0.717, 1.165) is 12.3 Å². The van der Waals surface area contributed by atoms with Gasteiger partial charge in [-0.25, -0.2) is 9.59 Å². The molecule has 0 heterocycles. The van der Waals surface area contributed by atoms with Gasteiger partial charge in [0.1, 0.15) is 0 Å². The first-order valence-electron chi connectivity index (χ1n) is 6.91. The standard InChI is InChI=1S/C15H20N2O3/c1-10(9-11-7-8-11)16-15(20)17-13(14(18)19)12-5-3-2-4-6-12/h2-6,10-11,13H,7-9H2,1H3,(H,18,19)(H2,16,17,20). The van der Waals surface area contributed by atoms with Crippen molar-refractivity contribution < 1.29 is 14.7 Å². The monoisotopic (exact) mass is 276 g/mol. The Morgan fingerprint density at radius 3 is 2.45 bits per heavy atom. The van der Waals surface area contributed by atoms with Crippen LogP contribution in [0.3, 0.4) is 0 Å². The Kier molecular flexibility index (Phi) is 4.61. The number of carbonyl (C=O) groups excluding carboxylic acids is 1. The average Bonchev–Trinajstić information content (AvgIpc) is 3.20. The van der Waals surface area contributed by atoms with Gasteiger partial charge in [-0.3, -0.25) is 0 Å². The van der Waals surface area contributed by atoms with Crippen LogP contribution in [0.2, 0.25) is 0 Å². The highest BCUT2D eigenvalue weighted by atomic mass is 16.4. The third kappa shape index (κ3) is 4.26.